The lowest BCUT2D eigenvalue weighted by Gasteiger charge is -2.53. The molecule has 2 amide bonds. The standard InChI is InChI=1S/C23H24F3N3O6S/c24-23(25,26)35-18-5-1-16(2-6-18)13-34-21(31)29-14-22(15-29)9-11-28(12-10-22)20(30)17-3-7-19(8-4-17)36(27,32)33/h1-8H,9-15H2,(H2,27,32,33). The van der Waals surface area contributed by atoms with Crippen LogP contribution in [0.15, 0.2) is 53.4 Å². The van der Waals surface area contributed by atoms with Crippen LogP contribution in [0.25, 0.3) is 0 Å². The summed E-state index contributed by atoms with van der Waals surface area (Å²) in [6, 6.07) is 10.6. The molecule has 0 aliphatic carbocycles. The van der Waals surface area contributed by atoms with E-state index in [0.717, 1.165) is 12.1 Å². The van der Waals surface area contributed by atoms with E-state index >= 15 is 0 Å². The van der Waals surface area contributed by atoms with Gasteiger partial charge in [-0.2, -0.15) is 0 Å². The number of halogens is 3. The van der Waals surface area contributed by atoms with Gasteiger partial charge in [0.25, 0.3) is 5.91 Å². The number of ether oxygens (including phenoxy) is 2. The predicted molar refractivity (Wildman–Crippen MR) is 120 cm³/mol. The maximum Gasteiger partial charge on any atom is 0.573 e. The zero-order valence-corrected chi connectivity index (χ0v) is 19.8. The summed E-state index contributed by atoms with van der Waals surface area (Å²) in [5.41, 5.74) is 0.802. The van der Waals surface area contributed by atoms with Crippen LogP contribution in [0.5, 0.6) is 5.75 Å². The molecule has 0 unspecified atom stereocenters. The predicted octanol–water partition coefficient (Wildman–Crippen LogP) is 3.11. The maximum absolute atomic E-state index is 12.8. The summed E-state index contributed by atoms with van der Waals surface area (Å²) in [6.45, 7) is 1.92. The highest BCUT2D eigenvalue weighted by Crippen LogP contribution is 2.41. The average Bonchev–Trinajstić information content (AvgIpc) is 2.80. The van der Waals surface area contributed by atoms with Gasteiger partial charge in [-0.25, -0.2) is 18.4 Å². The second-order valence-corrected chi connectivity index (χ2v) is 10.5. The van der Waals surface area contributed by atoms with Crippen molar-refractivity contribution >= 4 is 22.0 Å². The zero-order chi connectivity index (χ0) is 26.1. The third-order valence-electron chi connectivity index (χ3n) is 6.37. The van der Waals surface area contributed by atoms with Crippen molar-refractivity contribution in [2.75, 3.05) is 26.2 Å². The van der Waals surface area contributed by atoms with Crippen molar-refractivity contribution < 1.29 is 40.7 Å². The molecule has 2 aliphatic heterocycles. The number of rotatable bonds is 5. The Morgan fingerprint density at radius 2 is 1.53 bits per heavy atom. The molecule has 2 N–H and O–H groups in total. The molecule has 4 rings (SSSR count). The Morgan fingerprint density at radius 1 is 0.944 bits per heavy atom. The molecular formula is C23H24F3N3O6S. The van der Waals surface area contributed by atoms with Gasteiger partial charge in [-0.1, -0.05) is 12.1 Å². The van der Waals surface area contributed by atoms with Crippen LogP contribution in [-0.2, 0) is 21.4 Å². The van der Waals surface area contributed by atoms with Crippen LogP contribution in [0.4, 0.5) is 18.0 Å². The normalized spacial score (nSPS) is 17.4. The number of hydrogen-bond donors (Lipinski definition) is 1. The van der Waals surface area contributed by atoms with E-state index in [-0.39, 0.29) is 28.6 Å². The van der Waals surface area contributed by atoms with Crippen molar-refractivity contribution in [1.29, 1.82) is 0 Å². The summed E-state index contributed by atoms with van der Waals surface area (Å²) in [6.07, 6.45) is -3.87. The summed E-state index contributed by atoms with van der Waals surface area (Å²) in [5.74, 6) is -0.555. The van der Waals surface area contributed by atoms with Crippen molar-refractivity contribution in [2.24, 2.45) is 10.6 Å². The highest BCUT2D eigenvalue weighted by atomic mass is 32.2. The molecule has 0 atom stereocenters. The fourth-order valence-electron chi connectivity index (χ4n) is 4.39. The molecule has 0 saturated carbocycles. The third-order valence-corrected chi connectivity index (χ3v) is 7.30. The first-order chi connectivity index (χ1) is 16.8. The Bertz CT molecular complexity index is 1220. The molecule has 9 nitrogen and oxygen atoms in total. The third kappa shape index (κ3) is 6.08. The van der Waals surface area contributed by atoms with Crippen molar-refractivity contribution in [2.45, 2.75) is 30.7 Å². The fraction of sp³-hybridized carbons (Fsp3) is 0.391. The molecule has 1 spiro atoms. The smallest absolute Gasteiger partial charge is 0.445 e. The number of primary sulfonamides is 1. The van der Waals surface area contributed by atoms with Crippen LogP contribution in [0, 0.1) is 5.41 Å². The molecule has 194 valence electrons. The van der Waals surface area contributed by atoms with E-state index in [2.05, 4.69) is 4.74 Å². The van der Waals surface area contributed by atoms with Gasteiger partial charge >= 0.3 is 12.5 Å². The van der Waals surface area contributed by atoms with Crippen LogP contribution in [0.2, 0.25) is 0 Å². The molecule has 2 aromatic rings. The molecule has 2 saturated heterocycles. The van der Waals surface area contributed by atoms with E-state index in [1.54, 1.807) is 9.80 Å². The van der Waals surface area contributed by atoms with Crippen molar-refractivity contribution in [3.63, 3.8) is 0 Å². The highest BCUT2D eigenvalue weighted by molar-refractivity contribution is 7.89. The molecule has 2 aromatic carbocycles. The molecule has 2 fully saturated rings. The van der Waals surface area contributed by atoms with Crippen LogP contribution in [0.3, 0.4) is 0 Å². The molecule has 36 heavy (non-hydrogen) atoms. The van der Waals surface area contributed by atoms with E-state index in [0.29, 0.717) is 50.1 Å². The van der Waals surface area contributed by atoms with Gasteiger partial charge in [0.05, 0.1) is 4.90 Å². The number of hydrogen-bond acceptors (Lipinski definition) is 6. The second kappa shape index (κ2) is 9.62. The van der Waals surface area contributed by atoms with Gasteiger partial charge in [-0.15, -0.1) is 13.2 Å². The Morgan fingerprint density at radius 3 is 2.06 bits per heavy atom. The Kier molecular flexibility index (Phi) is 6.88. The summed E-state index contributed by atoms with van der Waals surface area (Å²) >= 11 is 0. The first-order valence-corrected chi connectivity index (χ1v) is 12.6. The van der Waals surface area contributed by atoms with Crippen LogP contribution in [-0.4, -0.2) is 62.8 Å². The van der Waals surface area contributed by atoms with Gasteiger partial charge in [0, 0.05) is 37.2 Å². The summed E-state index contributed by atoms with van der Waals surface area (Å²) in [5, 5.41) is 5.08. The number of likely N-dealkylation sites (tertiary alicyclic amines) is 2. The molecule has 0 aromatic heterocycles. The topological polar surface area (TPSA) is 119 Å². The number of piperidine rings is 1. The minimum Gasteiger partial charge on any atom is -0.445 e. The minimum absolute atomic E-state index is 0.0643. The van der Waals surface area contributed by atoms with E-state index < -0.39 is 22.5 Å². The number of nitrogens with two attached hydrogens (primary N) is 1. The van der Waals surface area contributed by atoms with E-state index in [1.807, 2.05) is 0 Å². The van der Waals surface area contributed by atoms with Crippen LogP contribution in [0.1, 0.15) is 28.8 Å². The maximum atomic E-state index is 12.8. The lowest BCUT2D eigenvalue weighted by Crippen LogP contribution is -2.62. The molecule has 2 heterocycles. The summed E-state index contributed by atoms with van der Waals surface area (Å²) in [4.78, 5) is 28.3. The number of carbonyl (C=O) groups is 2. The minimum atomic E-state index is -4.77. The zero-order valence-electron chi connectivity index (χ0n) is 19.0. The molecular weight excluding hydrogens is 503 g/mol. The van der Waals surface area contributed by atoms with Crippen molar-refractivity contribution in [3.05, 3.63) is 59.7 Å². The van der Waals surface area contributed by atoms with Crippen LogP contribution < -0.4 is 9.88 Å². The number of benzene rings is 2. The Hall–Kier alpha value is -3.32. The highest BCUT2D eigenvalue weighted by Gasteiger charge is 2.47. The number of amides is 2. The number of carbonyl (C=O) groups excluding carboxylic acids is 2. The number of alkyl halides is 3. The van der Waals surface area contributed by atoms with Gasteiger partial charge in [0.15, 0.2) is 0 Å². The molecule has 0 radical (unpaired) electrons. The Labute approximate surface area is 205 Å². The SMILES string of the molecule is NS(=O)(=O)c1ccc(C(=O)N2CCC3(CC2)CN(C(=O)OCc2ccc(OC(F)(F)F)cc2)C3)cc1. The van der Waals surface area contributed by atoms with E-state index in [4.69, 9.17) is 9.88 Å². The molecule has 0 bridgehead atoms. The largest absolute Gasteiger partial charge is 0.573 e. The van der Waals surface area contributed by atoms with Gasteiger partial charge in [-0.05, 0) is 54.8 Å². The Balaban J connectivity index is 1.21. The molecule has 13 heteroatoms. The van der Waals surface area contributed by atoms with Gasteiger partial charge in [-0.3, -0.25) is 4.79 Å². The quantitative estimate of drug-likeness (QED) is 0.638. The van der Waals surface area contributed by atoms with Gasteiger partial charge in [0.1, 0.15) is 12.4 Å². The van der Waals surface area contributed by atoms with Gasteiger partial charge < -0.3 is 19.3 Å². The summed E-state index contributed by atoms with van der Waals surface area (Å²) in [7, 11) is -3.83. The number of nitrogens with zero attached hydrogens (tertiary/aromatic N) is 2. The van der Waals surface area contributed by atoms with Crippen molar-refractivity contribution in [1.82, 2.24) is 9.80 Å². The first kappa shape index (κ1) is 25.8. The van der Waals surface area contributed by atoms with Gasteiger partial charge in [0.2, 0.25) is 10.0 Å². The monoisotopic (exact) mass is 527 g/mol. The lowest BCUT2D eigenvalue weighted by molar-refractivity contribution is -0.274. The number of sulfonamides is 1. The average molecular weight is 528 g/mol. The first-order valence-electron chi connectivity index (χ1n) is 11.0. The van der Waals surface area contributed by atoms with E-state index in [1.165, 1.54) is 36.4 Å². The van der Waals surface area contributed by atoms with Crippen LogP contribution >= 0.6 is 0 Å². The van der Waals surface area contributed by atoms with E-state index in [9.17, 15) is 31.2 Å². The summed E-state index contributed by atoms with van der Waals surface area (Å²) < 4.78 is 68.5. The molecule has 2 aliphatic rings. The lowest BCUT2D eigenvalue weighted by atomic mass is 9.72. The van der Waals surface area contributed by atoms with Crippen molar-refractivity contribution in [3.8, 4) is 5.75 Å². The fourth-order valence-corrected chi connectivity index (χ4v) is 4.90. The second-order valence-electron chi connectivity index (χ2n) is 8.96.